The summed E-state index contributed by atoms with van der Waals surface area (Å²) >= 11 is 0. The zero-order valence-electron chi connectivity index (χ0n) is 19.5. The predicted octanol–water partition coefficient (Wildman–Crippen LogP) is 1.24. The summed E-state index contributed by atoms with van der Waals surface area (Å²) < 4.78 is 8.85. The number of imidazole rings is 1. The number of esters is 1. The Labute approximate surface area is 195 Å². The van der Waals surface area contributed by atoms with E-state index in [1.807, 2.05) is 6.07 Å². The quantitative estimate of drug-likeness (QED) is 0.518. The zero-order valence-corrected chi connectivity index (χ0v) is 19.5. The average molecular weight is 469 g/mol. The van der Waals surface area contributed by atoms with Crippen LogP contribution in [0.2, 0.25) is 0 Å². The molecule has 11 nitrogen and oxygen atoms in total. The van der Waals surface area contributed by atoms with Crippen molar-refractivity contribution in [3.05, 3.63) is 50.9 Å². The maximum absolute atomic E-state index is 12.8. The number of anilines is 2. The molecule has 1 aliphatic rings. The first-order valence-electron chi connectivity index (χ1n) is 11.2. The standard InChI is InChI=1S/C23H28N6O5/c1-26-20-19(21(31)27(2)23(26)33)29(14-24-20)12-6-7-18(30)25-16-13-15(22(32)34-3)8-9-17(16)28-10-4-5-11-28/h8-9,13-14H,4-7,10-12H2,1-3H3,(H,25,30). The van der Waals surface area contributed by atoms with Crippen LogP contribution in [0.5, 0.6) is 0 Å². The van der Waals surface area contributed by atoms with Crippen LogP contribution in [0.4, 0.5) is 11.4 Å². The fourth-order valence-electron chi connectivity index (χ4n) is 4.30. The summed E-state index contributed by atoms with van der Waals surface area (Å²) in [6.07, 6.45) is 4.33. The molecule has 180 valence electrons. The van der Waals surface area contributed by atoms with Crippen LogP contribution < -0.4 is 21.5 Å². The molecule has 0 aliphatic carbocycles. The minimum Gasteiger partial charge on any atom is -0.465 e. The molecule has 1 aromatic carbocycles. The van der Waals surface area contributed by atoms with Gasteiger partial charge in [-0.2, -0.15) is 0 Å². The van der Waals surface area contributed by atoms with Crippen LogP contribution in [0.25, 0.3) is 11.2 Å². The van der Waals surface area contributed by atoms with E-state index >= 15 is 0 Å². The first-order chi connectivity index (χ1) is 16.3. The van der Waals surface area contributed by atoms with Gasteiger partial charge in [-0.05, 0) is 37.5 Å². The number of aromatic nitrogens is 4. The third-order valence-electron chi connectivity index (χ3n) is 6.16. The fourth-order valence-corrected chi connectivity index (χ4v) is 4.30. The molecule has 1 fully saturated rings. The number of carbonyl (C=O) groups excluding carboxylic acids is 2. The number of ether oxygens (including phenoxy) is 1. The number of amides is 1. The van der Waals surface area contributed by atoms with Crippen molar-refractivity contribution in [3.63, 3.8) is 0 Å². The Bertz CT molecular complexity index is 1360. The second-order valence-corrected chi connectivity index (χ2v) is 8.39. The van der Waals surface area contributed by atoms with Gasteiger partial charge in [0.05, 0.1) is 30.4 Å². The van der Waals surface area contributed by atoms with Crippen molar-refractivity contribution in [2.24, 2.45) is 14.1 Å². The molecule has 34 heavy (non-hydrogen) atoms. The molecule has 0 spiro atoms. The van der Waals surface area contributed by atoms with Crippen LogP contribution >= 0.6 is 0 Å². The Kier molecular flexibility index (Phi) is 6.53. The maximum Gasteiger partial charge on any atom is 0.337 e. The molecule has 4 rings (SSSR count). The van der Waals surface area contributed by atoms with Crippen molar-refractivity contribution in [3.8, 4) is 0 Å². The third-order valence-corrected chi connectivity index (χ3v) is 6.16. The largest absolute Gasteiger partial charge is 0.465 e. The van der Waals surface area contributed by atoms with E-state index in [4.69, 9.17) is 4.74 Å². The fraction of sp³-hybridized carbons (Fsp3) is 0.435. The molecule has 11 heteroatoms. The van der Waals surface area contributed by atoms with Gasteiger partial charge in [0.25, 0.3) is 5.56 Å². The monoisotopic (exact) mass is 468 g/mol. The SMILES string of the molecule is COC(=O)c1ccc(N2CCCC2)c(NC(=O)CCCn2cnc3c2c(=O)n(C)c(=O)n3C)c1. The molecule has 0 radical (unpaired) electrons. The van der Waals surface area contributed by atoms with Crippen molar-refractivity contribution < 1.29 is 14.3 Å². The van der Waals surface area contributed by atoms with Crippen molar-refractivity contribution in [1.29, 1.82) is 0 Å². The van der Waals surface area contributed by atoms with Crippen molar-refractivity contribution >= 4 is 34.4 Å². The number of benzene rings is 1. The second kappa shape index (κ2) is 9.54. The number of carbonyl (C=O) groups is 2. The second-order valence-electron chi connectivity index (χ2n) is 8.39. The van der Waals surface area contributed by atoms with E-state index in [0.29, 0.717) is 35.4 Å². The lowest BCUT2D eigenvalue weighted by Gasteiger charge is -2.22. The average Bonchev–Trinajstić information content (AvgIpc) is 3.51. The summed E-state index contributed by atoms with van der Waals surface area (Å²) in [6.45, 7) is 2.18. The first kappa shape index (κ1) is 23.3. The van der Waals surface area contributed by atoms with Gasteiger partial charge in [-0.15, -0.1) is 0 Å². The molecule has 1 saturated heterocycles. The molecule has 3 heterocycles. The van der Waals surface area contributed by atoms with Gasteiger partial charge in [0, 0.05) is 40.2 Å². The van der Waals surface area contributed by atoms with E-state index in [1.54, 1.807) is 23.7 Å². The Balaban J connectivity index is 1.48. The van der Waals surface area contributed by atoms with Crippen molar-refractivity contribution in [2.45, 2.75) is 32.2 Å². The summed E-state index contributed by atoms with van der Waals surface area (Å²) in [7, 11) is 4.31. The molecule has 1 amide bonds. The Morgan fingerprint density at radius 3 is 2.56 bits per heavy atom. The first-order valence-corrected chi connectivity index (χ1v) is 11.2. The van der Waals surface area contributed by atoms with Gasteiger partial charge in [0.15, 0.2) is 11.2 Å². The van der Waals surface area contributed by atoms with Crippen LogP contribution in [-0.4, -0.2) is 50.8 Å². The summed E-state index contributed by atoms with van der Waals surface area (Å²) in [5.41, 5.74) is 1.60. The highest BCUT2D eigenvalue weighted by Crippen LogP contribution is 2.30. The number of aryl methyl sites for hydroxylation is 2. The molecular formula is C23H28N6O5. The minimum atomic E-state index is -0.466. The predicted molar refractivity (Wildman–Crippen MR) is 127 cm³/mol. The van der Waals surface area contributed by atoms with E-state index in [1.165, 1.54) is 25.1 Å². The molecule has 3 aromatic rings. The number of hydrogen-bond acceptors (Lipinski definition) is 7. The molecule has 0 saturated carbocycles. The van der Waals surface area contributed by atoms with E-state index in [0.717, 1.165) is 36.2 Å². The van der Waals surface area contributed by atoms with Crippen LogP contribution in [0.15, 0.2) is 34.1 Å². The molecule has 0 bridgehead atoms. The van der Waals surface area contributed by atoms with Gasteiger partial charge < -0.3 is 19.5 Å². The Hall–Kier alpha value is -3.89. The Morgan fingerprint density at radius 2 is 1.85 bits per heavy atom. The highest BCUT2D eigenvalue weighted by Gasteiger charge is 2.19. The summed E-state index contributed by atoms with van der Waals surface area (Å²) in [4.78, 5) is 55.8. The summed E-state index contributed by atoms with van der Waals surface area (Å²) in [5.74, 6) is -0.668. The minimum absolute atomic E-state index is 0.202. The van der Waals surface area contributed by atoms with Crippen molar-refractivity contribution in [1.82, 2.24) is 18.7 Å². The van der Waals surface area contributed by atoms with Gasteiger partial charge in [-0.1, -0.05) is 0 Å². The summed E-state index contributed by atoms with van der Waals surface area (Å²) in [5, 5.41) is 2.94. The van der Waals surface area contributed by atoms with Gasteiger partial charge in [-0.25, -0.2) is 14.6 Å². The van der Waals surface area contributed by atoms with E-state index in [9.17, 15) is 19.2 Å². The normalized spacial score (nSPS) is 13.4. The van der Waals surface area contributed by atoms with Gasteiger partial charge in [0.1, 0.15) is 0 Å². The molecule has 0 unspecified atom stereocenters. The lowest BCUT2D eigenvalue weighted by Crippen LogP contribution is -2.37. The number of fused-ring (bicyclic) bond motifs is 1. The van der Waals surface area contributed by atoms with E-state index in [-0.39, 0.29) is 12.3 Å². The van der Waals surface area contributed by atoms with Crippen LogP contribution in [0.3, 0.4) is 0 Å². The smallest absolute Gasteiger partial charge is 0.337 e. The topological polar surface area (TPSA) is 120 Å². The molecule has 1 aliphatic heterocycles. The van der Waals surface area contributed by atoms with E-state index in [2.05, 4.69) is 15.2 Å². The van der Waals surface area contributed by atoms with Gasteiger partial charge in [0.2, 0.25) is 5.91 Å². The number of rotatable bonds is 7. The maximum atomic E-state index is 12.8. The van der Waals surface area contributed by atoms with Gasteiger partial charge >= 0.3 is 11.7 Å². The van der Waals surface area contributed by atoms with Crippen molar-refractivity contribution in [2.75, 3.05) is 30.4 Å². The number of nitrogens with zero attached hydrogens (tertiary/aromatic N) is 5. The van der Waals surface area contributed by atoms with E-state index < -0.39 is 17.2 Å². The number of hydrogen-bond donors (Lipinski definition) is 1. The highest BCUT2D eigenvalue weighted by molar-refractivity contribution is 5.98. The molecule has 1 N–H and O–H groups in total. The molecular weight excluding hydrogens is 440 g/mol. The zero-order chi connectivity index (χ0) is 24.4. The van der Waals surface area contributed by atoms with Gasteiger partial charge in [-0.3, -0.25) is 18.7 Å². The highest BCUT2D eigenvalue weighted by atomic mass is 16.5. The molecule has 0 atom stereocenters. The molecule has 2 aromatic heterocycles. The van der Waals surface area contributed by atoms with Crippen LogP contribution in [0.1, 0.15) is 36.0 Å². The summed E-state index contributed by atoms with van der Waals surface area (Å²) in [6, 6.07) is 5.18. The third kappa shape index (κ3) is 4.33. The van der Waals surface area contributed by atoms with Crippen LogP contribution in [0, 0.1) is 0 Å². The number of methoxy groups -OCH3 is 1. The lowest BCUT2D eigenvalue weighted by molar-refractivity contribution is -0.116. The lowest BCUT2D eigenvalue weighted by atomic mass is 10.1. The Morgan fingerprint density at radius 1 is 1.12 bits per heavy atom. The number of nitrogens with one attached hydrogen (secondary N) is 1. The van der Waals surface area contributed by atoms with Crippen LogP contribution in [-0.2, 0) is 30.2 Å².